The van der Waals surface area contributed by atoms with Crippen molar-refractivity contribution >= 4 is 17.0 Å². The van der Waals surface area contributed by atoms with Crippen LogP contribution in [0.2, 0.25) is 0 Å². The van der Waals surface area contributed by atoms with Crippen LogP contribution in [0.5, 0.6) is 0 Å². The topological polar surface area (TPSA) is 39.4 Å². The van der Waals surface area contributed by atoms with Crippen LogP contribution in [-0.2, 0) is 0 Å². The Balaban J connectivity index is 2.36. The SMILES string of the molecule is Cc1nc(C2=N[N]C=C2)cs1. The van der Waals surface area contributed by atoms with Crippen LogP contribution < -0.4 is 5.43 Å². The third-order valence-electron chi connectivity index (χ3n) is 1.35. The second kappa shape index (κ2) is 2.47. The molecule has 0 aromatic carbocycles. The second-order valence-corrected chi connectivity index (χ2v) is 3.23. The molecule has 0 amide bonds. The summed E-state index contributed by atoms with van der Waals surface area (Å²) in [6.07, 6.45) is 3.53. The van der Waals surface area contributed by atoms with E-state index in [1.165, 1.54) is 0 Å². The first-order valence-corrected chi connectivity index (χ1v) is 4.11. The number of hydrogen-bond acceptors (Lipinski definition) is 3. The first kappa shape index (κ1) is 6.54. The van der Waals surface area contributed by atoms with Crippen LogP contribution in [0, 0.1) is 6.92 Å². The Morgan fingerprint density at radius 1 is 1.45 bits per heavy atom. The molecule has 0 unspecified atom stereocenters. The van der Waals surface area contributed by atoms with E-state index in [4.69, 9.17) is 0 Å². The zero-order valence-corrected chi connectivity index (χ0v) is 6.80. The van der Waals surface area contributed by atoms with Crippen molar-refractivity contribution in [3.63, 3.8) is 0 Å². The molecule has 0 spiro atoms. The average Bonchev–Trinajstić information content (AvgIpc) is 2.55. The van der Waals surface area contributed by atoms with Crippen LogP contribution in [0.15, 0.2) is 22.8 Å². The van der Waals surface area contributed by atoms with Gasteiger partial charge in [-0.1, -0.05) is 0 Å². The molecule has 0 saturated carbocycles. The van der Waals surface area contributed by atoms with Crippen molar-refractivity contribution in [1.29, 1.82) is 0 Å². The van der Waals surface area contributed by atoms with Gasteiger partial charge in [-0.2, -0.15) is 5.43 Å². The van der Waals surface area contributed by atoms with Gasteiger partial charge in [0.25, 0.3) is 0 Å². The van der Waals surface area contributed by atoms with Gasteiger partial charge in [0.2, 0.25) is 0 Å². The van der Waals surface area contributed by atoms with Gasteiger partial charge in [-0.05, 0) is 13.0 Å². The van der Waals surface area contributed by atoms with Crippen LogP contribution in [0.4, 0.5) is 0 Å². The number of hydrogen-bond donors (Lipinski definition) is 0. The van der Waals surface area contributed by atoms with E-state index in [2.05, 4.69) is 15.5 Å². The van der Waals surface area contributed by atoms with E-state index in [0.717, 1.165) is 16.4 Å². The summed E-state index contributed by atoms with van der Waals surface area (Å²) >= 11 is 1.62. The fraction of sp³-hybridized carbons (Fsp3) is 0.143. The number of rotatable bonds is 1. The van der Waals surface area contributed by atoms with Crippen LogP contribution in [0.25, 0.3) is 0 Å². The van der Waals surface area contributed by atoms with Crippen LogP contribution in [0.1, 0.15) is 10.7 Å². The zero-order valence-electron chi connectivity index (χ0n) is 5.98. The first-order chi connectivity index (χ1) is 5.36. The molecule has 0 bridgehead atoms. The van der Waals surface area contributed by atoms with E-state index in [1.807, 2.05) is 18.4 Å². The molecule has 1 aliphatic heterocycles. The summed E-state index contributed by atoms with van der Waals surface area (Å²) in [5.41, 5.74) is 5.50. The van der Waals surface area contributed by atoms with Gasteiger partial charge >= 0.3 is 0 Å². The lowest BCUT2D eigenvalue weighted by Gasteiger charge is -1.86. The third-order valence-corrected chi connectivity index (χ3v) is 2.12. The number of nitrogens with zero attached hydrogens (tertiary/aromatic N) is 3. The molecule has 3 nitrogen and oxygen atoms in total. The van der Waals surface area contributed by atoms with Crippen LogP contribution >= 0.6 is 11.3 Å². The third kappa shape index (κ3) is 1.17. The molecular formula is C7H6N3S. The molecule has 0 fully saturated rings. The highest BCUT2D eigenvalue weighted by molar-refractivity contribution is 7.09. The predicted octanol–water partition coefficient (Wildman–Crippen LogP) is 1.29. The smallest absolute Gasteiger partial charge is 0.114 e. The van der Waals surface area contributed by atoms with Gasteiger partial charge in [0.05, 0.1) is 11.2 Å². The summed E-state index contributed by atoms with van der Waals surface area (Å²) in [6, 6.07) is 0. The Bertz CT molecular complexity index is 324. The van der Waals surface area contributed by atoms with E-state index in [-0.39, 0.29) is 0 Å². The fourth-order valence-electron chi connectivity index (χ4n) is 0.850. The van der Waals surface area contributed by atoms with Gasteiger partial charge in [0, 0.05) is 5.38 Å². The molecule has 0 N–H and O–H groups in total. The highest BCUT2D eigenvalue weighted by atomic mass is 32.1. The van der Waals surface area contributed by atoms with Gasteiger partial charge in [0.15, 0.2) is 0 Å². The maximum atomic E-state index is 4.27. The largest absolute Gasteiger partial charge is 0.240 e. The average molecular weight is 164 g/mol. The molecule has 2 rings (SSSR count). The van der Waals surface area contributed by atoms with E-state index in [0.29, 0.717) is 0 Å². The normalized spacial score (nSPS) is 14.8. The van der Waals surface area contributed by atoms with Crippen molar-refractivity contribution in [3.05, 3.63) is 28.4 Å². The molecule has 0 aliphatic carbocycles. The highest BCUT2D eigenvalue weighted by Crippen LogP contribution is 2.10. The van der Waals surface area contributed by atoms with E-state index in [1.54, 1.807) is 17.5 Å². The minimum atomic E-state index is 0.856. The van der Waals surface area contributed by atoms with Gasteiger partial charge in [-0.15, -0.1) is 16.4 Å². The minimum Gasteiger partial charge on any atom is -0.240 e. The molecule has 2 heterocycles. The van der Waals surface area contributed by atoms with Crippen molar-refractivity contribution in [2.45, 2.75) is 6.92 Å². The number of thiazole rings is 1. The quantitative estimate of drug-likeness (QED) is 0.616. The molecule has 11 heavy (non-hydrogen) atoms. The van der Waals surface area contributed by atoms with Gasteiger partial charge in [-0.3, -0.25) is 0 Å². The number of allylic oxidation sites excluding steroid dienone is 1. The molecule has 0 saturated heterocycles. The Labute approximate surface area is 68.5 Å². The summed E-state index contributed by atoms with van der Waals surface area (Å²) in [5, 5.41) is 6.94. The van der Waals surface area contributed by atoms with Gasteiger partial charge in [-0.25, -0.2) is 4.98 Å². The lowest BCUT2D eigenvalue weighted by Crippen LogP contribution is -1.94. The molecule has 1 aromatic rings. The van der Waals surface area contributed by atoms with Crippen molar-refractivity contribution in [2.24, 2.45) is 5.10 Å². The van der Waals surface area contributed by atoms with Crippen LogP contribution in [-0.4, -0.2) is 10.7 Å². The predicted molar refractivity (Wildman–Crippen MR) is 44.7 cm³/mol. The number of aryl methyl sites for hydroxylation is 1. The van der Waals surface area contributed by atoms with E-state index < -0.39 is 0 Å². The maximum Gasteiger partial charge on any atom is 0.114 e. The molecule has 55 valence electrons. The molecule has 1 aliphatic rings. The van der Waals surface area contributed by atoms with Crippen molar-refractivity contribution in [1.82, 2.24) is 10.4 Å². The molecule has 0 atom stereocenters. The van der Waals surface area contributed by atoms with E-state index in [9.17, 15) is 0 Å². The van der Waals surface area contributed by atoms with Crippen LogP contribution in [0.3, 0.4) is 0 Å². The Morgan fingerprint density at radius 3 is 2.91 bits per heavy atom. The Morgan fingerprint density at radius 2 is 2.36 bits per heavy atom. The van der Waals surface area contributed by atoms with E-state index >= 15 is 0 Å². The summed E-state index contributed by atoms with van der Waals surface area (Å²) in [6.45, 7) is 1.98. The van der Waals surface area contributed by atoms with Crippen molar-refractivity contribution in [2.75, 3.05) is 0 Å². The lowest BCUT2D eigenvalue weighted by molar-refractivity contribution is 0.971. The first-order valence-electron chi connectivity index (χ1n) is 3.23. The molecule has 1 aromatic heterocycles. The maximum absolute atomic E-state index is 4.27. The Hall–Kier alpha value is -1.16. The Kier molecular flexibility index (Phi) is 1.47. The number of aromatic nitrogens is 1. The molecule has 4 heteroatoms. The van der Waals surface area contributed by atoms with Gasteiger partial charge in [0.1, 0.15) is 11.4 Å². The van der Waals surface area contributed by atoms with Gasteiger partial charge < -0.3 is 0 Å². The monoisotopic (exact) mass is 164 g/mol. The molecule has 1 radical (unpaired) electrons. The lowest BCUT2D eigenvalue weighted by atomic mass is 10.3. The summed E-state index contributed by atoms with van der Waals surface area (Å²) in [7, 11) is 0. The second-order valence-electron chi connectivity index (χ2n) is 2.17. The standard InChI is InChI=1S/C7H6N3S/c1-5-9-7(4-11-5)6-2-3-8-10-6/h2-4H,1H3. The minimum absolute atomic E-state index is 0.856. The summed E-state index contributed by atoms with van der Waals surface area (Å²) in [5.74, 6) is 0. The van der Waals surface area contributed by atoms with Crippen molar-refractivity contribution < 1.29 is 0 Å². The fourth-order valence-corrected chi connectivity index (χ4v) is 1.46. The highest BCUT2D eigenvalue weighted by Gasteiger charge is 2.06. The zero-order chi connectivity index (χ0) is 7.68. The van der Waals surface area contributed by atoms with Crippen molar-refractivity contribution in [3.8, 4) is 0 Å². The molecular weight excluding hydrogens is 158 g/mol. The summed E-state index contributed by atoms with van der Waals surface area (Å²) in [4.78, 5) is 4.27. The summed E-state index contributed by atoms with van der Waals surface area (Å²) < 4.78 is 0.